The number of cyclic esters (lactones) is 1. The highest BCUT2D eigenvalue weighted by Crippen LogP contribution is 2.54. The molecule has 2 aromatic carbocycles. The highest BCUT2D eigenvalue weighted by molar-refractivity contribution is 6.06. The molecule has 8 atom stereocenters. The summed E-state index contributed by atoms with van der Waals surface area (Å²) in [5.41, 5.74) is 1.71. The second kappa shape index (κ2) is 15.1. The van der Waals surface area contributed by atoms with Gasteiger partial charge in [-0.25, -0.2) is 0 Å². The number of rotatable bonds is 8. The van der Waals surface area contributed by atoms with E-state index in [0.29, 0.717) is 18.4 Å². The Morgan fingerprint density at radius 2 is 1.80 bits per heavy atom. The number of carbonyl (C=O) groups excluding carboxylic acids is 4. The number of likely N-dealkylation sites (tertiary alicyclic amines) is 1. The maximum Gasteiger partial charge on any atom is 0.313 e. The van der Waals surface area contributed by atoms with Crippen LogP contribution in [0.3, 0.4) is 0 Å². The van der Waals surface area contributed by atoms with Crippen molar-refractivity contribution in [1.82, 2.24) is 10.2 Å². The van der Waals surface area contributed by atoms with Gasteiger partial charge in [0, 0.05) is 25.8 Å². The summed E-state index contributed by atoms with van der Waals surface area (Å²) >= 11 is 0. The second-order valence-corrected chi connectivity index (χ2v) is 14.6. The maximum atomic E-state index is 15.0. The summed E-state index contributed by atoms with van der Waals surface area (Å²) in [5, 5.41) is 13.7. The number of aryl methyl sites for hydroxylation is 2. The van der Waals surface area contributed by atoms with Crippen LogP contribution in [0.25, 0.3) is 0 Å². The summed E-state index contributed by atoms with van der Waals surface area (Å²) < 4.78 is 18.7. The number of anilines is 1. The Morgan fingerprint density at radius 3 is 2.51 bits per heavy atom. The van der Waals surface area contributed by atoms with Gasteiger partial charge in [-0.2, -0.15) is 0 Å². The highest BCUT2D eigenvalue weighted by atomic mass is 16.6. The molecule has 2 N–H and O–H groups in total. The number of aliphatic hydroxyl groups is 1. The summed E-state index contributed by atoms with van der Waals surface area (Å²) in [5.74, 6) is -3.87. The average Bonchev–Trinajstić information content (AvgIpc) is 3.49. The minimum absolute atomic E-state index is 0.0694. The number of amides is 3. The van der Waals surface area contributed by atoms with Crippen molar-refractivity contribution < 1.29 is 38.5 Å². The zero-order chi connectivity index (χ0) is 36.4. The van der Waals surface area contributed by atoms with E-state index in [9.17, 15) is 14.7 Å². The quantitative estimate of drug-likeness (QED) is 0.313. The van der Waals surface area contributed by atoms with Gasteiger partial charge in [-0.1, -0.05) is 80.6 Å². The molecule has 4 aliphatic heterocycles. The molecular formula is C40H49N3O8. The molecule has 1 spiro atoms. The topological polar surface area (TPSA) is 135 Å². The third-order valence-electron chi connectivity index (χ3n) is 10.5. The number of benzene rings is 2. The minimum Gasteiger partial charge on any atom is -0.455 e. The molecule has 4 aliphatic rings. The fourth-order valence-corrected chi connectivity index (χ4v) is 8.27. The van der Waals surface area contributed by atoms with Gasteiger partial charge in [0.2, 0.25) is 11.8 Å². The molecule has 51 heavy (non-hydrogen) atoms. The smallest absolute Gasteiger partial charge is 0.313 e. The number of esters is 1. The van der Waals surface area contributed by atoms with Gasteiger partial charge in [-0.05, 0) is 55.4 Å². The normalized spacial score (nSPS) is 30.8. The van der Waals surface area contributed by atoms with Gasteiger partial charge in [-0.3, -0.25) is 19.2 Å². The van der Waals surface area contributed by atoms with Gasteiger partial charge in [-0.15, -0.1) is 0 Å². The molecule has 0 aromatic heterocycles. The first-order chi connectivity index (χ1) is 24.5. The average molecular weight is 700 g/mol. The summed E-state index contributed by atoms with van der Waals surface area (Å²) in [7, 11) is 1.51. The molecule has 11 heteroatoms. The lowest BCUT2D eigenvalue weighted by molar-refractivity contribution is -0.163. The Balaban J connectivity index is 1.49. The number of carbonyl (C=O) groups is 4. The number of fused-ring (bicyclic) bond motifs is 2. The fourth-order valence-electron chi connectivity index (χ4n) is 8.27. The molecule has 272 valence electrons. The van der Waals surface area contributed by atoms with Crippen molar-refractivity contribution in [2.75, 3.05) is 31.8 Å². The molecule has 3 amide bonds. The van der Waals surface area contributed by atoms with Gasteiger partial charge < -0.3 is 34.4 Å². The molecular weight excluding hydrogens is 650 g/mol. The monoisotopic (exact) mass is 699 g/mol. The zero-order valence-corrected chi connectivity index (χ0v) is 30.0. The van der Waals surface area contributed by atoms with Gasteiger partial charge in [0.25, 0.3) is 5.91 Å². The first kappa shape index (κ1) is 36.5. The van der Waals surface area contributed by atoms with E-state index in [-0.39, 0.29) is 43.9 Å². The highest BCUT2D eigenvalue weighted by Gasteiger charge is 2.72. The molecule has 4 heterocycles. The number of allylic oxidation sites excluding steroid dienone is 1. The molecule has 2 aromatic rings. The van der Waals surface area contributed by atoms with E-state index in [0.717, 1.165) is 16.8 Å². The van der Waals surface area contributed by atoms with E-state index < -0.39 is 59.6 Å². The van der Waals surface area contributed by atoms with E-state index >= 15 is 9.59 Å². The van der Waals surface area contributed by atoms with Gasteiger partial charge in [0.1, 0.15) is 23.7 Å². The first-order valence-electron chi connectivity index (χ1n) is 17.9. The Kier molecular flexibility index (Phi) is 10.8. The third kappa shape index (κ3) is 6.86. The van der Waals surface area contributed by atoms with Crippen LogP contribution in [0.5, 0.6) is 0 Å². The van der Waals surface area contributed by atoms with Crippen LogP contribution in [0.2, 0.25) is 0 Å². The van der Waals surface area contributed by atoms with Crippen molar-refractivity contribution in [1.29, 1.82) is 0 Å². The predicted molar refractivity (Wildman–Crippen MR) is 190 cm³/mol. The Bertz CT molecular complexity index is 1690. The summed E-state index contributed by atoms with van der Waals surface area (Å²) in [6, 6.07) is 12.4. The fraction of sp³-hybridized carbons (Fsp3) is 0.500. The molecule has 6 rings (SSSR count). The molecule has 0 bridgehead atoms. The molecule has 0 unspecified atom stereocenters. The van der Waals surface area contributed by atoms with Crippen LogP contribution in [-0.2, 0) is 33.4 Å². The van der Waals surface area contributed by atoms with Crippen LogP contribution in [0, 0.1) is 31.6 Å². The van der Waals surface area contributed by atoms with E-state index in [2.05, 4.69) is 5.32 Å². The lowest BCUT2D eigenvalue weighted by Gasteiger charge is -2.39. The lowest BCUT2D eigenvalue weighted by Crippen LogP contribution is -2.58. The summed E-state index contributed by atoms with van der Waals surface area (Å²) in [6.07, 6.45) is 6.22. The van der Waals surface area contributed by atoms with Crippen molar-refractivity contribution in [2.24, 2.45) is 17.8 Å². The van der Waals surface area contributed by atoms with Crippen LogP contribution in [0.1, 0.15) is 55.9 Å². The second-order valence-electron chi connectivity index (χ2n) is 14.6. The molecule has 0 radical (unpaired) electrons. The maximum absolute atomic E-state index is 15.0. The van der Waals surface area contributed by atoms with Crippen molar-refractivity contribution in [3.05, 3.63) is 89.5 Å². The number of methoxy groups -OCH3 is 1. The first-order valence-corrected chi connectivity index (χ1v) is 17.9. The number of ether oxygens (including phenoxy) is 3. The van der Waals surface area contributed by atoms with Crippen LogP contribution in [0.4, 0.5) is 5.69 Å². The van der Waals surface area contributed by atoms with Crippen molar-refractivity contribution in [3.63, 3.8) is 0 Å². The largest absolute Gasteiger partial charge is 0.455 e. The zero-order valence-electron chi connectivity index (χ0n) is 30.0. The predicted octanol–water partition coefficient (Wildman–Crippen LogP) is 3.96. The van der Waals surface area contributed by atoms with Crippen LogP contribution >= 0.6 is 0 Å². The number of hydrogen-bond acceptors (Lipinski definition) is 8. The van der Waals surface area contributed by atoms with E-state index in [1.54, 1.807) is 23.1 Å². The third-order valence-corrected chi connectivity index (χ3v) is 10.5. The Labute approximate surface area is 299 Å². The van der Waals surface area contributed by atoms with Gasteiger partial charge in [0.05, 0.1) is 37.3 Å². The van der Waals surface area contributed by atoms with Crippen LogP contribution in [0.15, 0.2) is 72.8 Å². The molecule has 0 saturated carbocycles. The molecule has 2 fully saturated rings. The number of nitrogens with one attached hydrogen (secondary N) is 1. The van der Waals surface area contributed by atoms with Crippen LogP contribution < -0.4 is 10.2 Å². The van der Waals surface area contributed by atoms with E-state index in [4.69, 9.17) is 14.2 Å². The van der Waals surface area contributed by atoms with Crippen molar-refractivity contribution >= 4 is 29.4 Å². The standard InChI is InChI=1S/C40H49N3O8/c1-24(2)20-28(22-44)43-36-38(47)42(30-21-25(3)16-17-26(30)4)19-11-18-40(36)34(37(43)46)33-31(51-40)14-9-10-15-32(45)41-29(23-49-5)35(50-39(33)48)27-12-7-6-8-13-27/h6-9,11-14,16-18,21,24,28-29,31,33-36,44H,10,15,19-20,22-23H2,1-5H3,(H,41,45)/b14-9-/t28-,29-,31-,33+,34+,35-,36-,40+/m1/s1. The van der Waals surface area contributed by atoms with Crippen molar-refractivity contribution in [3.8, 4) is 0 Å². The Morgan fingerprint density at radius 1 is 1.04 bits per heavy atom. The Hall–Kier alpha value is -4.32. The number of nitrogens with zero attached hydrogens (tertiary/aromatic N) is 2. The van der Waals surface area contributed by atoms with Gasteiger partial charge in [0.15, 0.2) is 0 Å². The van der Waals surface area contributed by atoms with Crippen molar-refractivity contribution in [2.45, 2.75) is 82.9 Å². The number of hydrogen-bond donors (Lipinski definition) is 2. The van der Waals surface area contributed by atoms with E-state index in [1.807, 2.05) is 82.3 Å². The SMILES string of the molecule is COC[C@H]1NC(=O)CC/C=C\[C@H]2O[C@]34C=CCN(c5cc(C)ccc5C)C(=O)[C@H]3N([C@@H](CO)CC(C)C)C(=O)[C@@H]4[C@H]2C(=O)O[C@@H]1c1ccccc1. The lowest BCUT2D eigenvalue weighted by atomic mass is 9.77. The summed E-state index contributed by atoms with van der Waals surface area (Å²) in [4.78, 5) is 61.0. The number of aliphatic hydroxyl groups excluding tert-OH is 1. The molecule has 2 saturated heterocycles. The summed E-state index contributed by atoms with van der Waals surface area (Å²) in [6.45, 7) is 7.83. The molecule has 0 aliphatic carbocycles. The molecule has 11 nitrogen and oxygen atoms in total. The van der Waals surface area contributed by atoms with Crippen LogP contribution in [-0.4, -0.2) is 90.4 Å². The van der Waals surface area contributed by atoms with E-state index in [1.165, 1.54) is 12.0 Å². The minimum atomic E-state index is -1.54. The van der Waals surface area contributed by atoms with Gasteiger partial charge >= 0.3 is 5.97 Å².